The second kappa shape index (κ2) is 5.82. The van der Waals surface area contributed by atoms with Crippen molar-refractivity contribution in [1.29, 1.82) is 0 Å². The number of hydrogen-bond acceptors (Lipinski definition) is 5. The third kappa shape index (κ3) is 3.47. The van der Waals surface area contributed by atoms with Crippen LogP contribution in [0.4, 0.5) is 4.79 Å². The Morgan fingerprint density at radius 1 is 1.23 bits per heavy atom. The fraction of sp³-hybridized carbons (Fsp3) is 0.533. The van der Waals surface area contributed by atoms with Crippen molar-refractivity contribution in [2.75, 3.05) is 20.2 Å². The van der Waals surface area contributed by atoms with E-state index >= 15 is 0 Å². The van der Waals surface area contributed by atoms with Gasteiger partial charge in [-0.25, -0.2) is 9.59 Å². The van der Waals surface area contributed by atoms with E-state index in [1.54, 1.807) is 20.8 Å². The number of nitrogens with zero attached hydrogens (tertiary/aromatic N) is 2. The maximum absolute atomic E-state index is 11.9. The minimum Gasteiger partial charge on any atom is -0.465 e. The first-order chi connectivity index (χ1) is 10.2. The first-order valence-electron chi connectivity index (χ1n) is 6.99. The summed E-state index contributed by atoms with van der Waals surface area (Å²) in [6, 6.07) is 2.58. The monoisotopic (exact) mass is 308 g/mol. The molecule has 0 radical (unpaired) electrons. The molecule has 1 aromatic rings. The Hall–Kier alpha value is -2.31. The highest BCUT2D eigenvalue weighted by Gasteiger charge is 2.35. The quantitative estimate of drug-likeness (QED) is 0.772. The number of esters is 1. The van der Waals surface area contributed by atoms with Crippen LogP contribution in [0, 0.1) is 0 Å². The number of ether oxygens (including phenoxy) is 2. The van der Waals surface area contributed by atoms with Crippen LogP contribution in [-0.4, -0.2) is 47.3 Å². The number of carbonyl (C=O) groups excluding carboxylic acids is 2. The number of rotatable bonds is 2. The average molecular weight is 308 g/mol. The fourth-order valence-electron chi connectivity index (χ4n) is 2.13. The maximum Gasteiger partial charge on any atom is 0.410 e. The highest BCUT2D eigenvalue weighted by molar-refractivity contribution is 5.88. The van der Waals surface area contributed by atoms with Gasteiger partial charge in [-0.2, -0.15) is 0 Å². The number of hydrogen-bond donors (Lipinski definition) is 0. The summed E-state index contributed by atoms with van der Waals surface area (Å²) in [5.74, 6) is -0.503. The summed E-state index contributed by atoms with van der Waals surface area (Å²) < 4.78 is 11.4. The summed E-state index contributed by atoms with van der Waals surface area (Å²) >= 11 is 0. The van der Waals surface area contributed by atoms with Crippen LogP contribution in [-0.2, 0) is 9.47 Å². The molecule has 1 saturated heterocycles. The Morgan fingerprint density at radius 2 is 1.86 bits per heavy atom. The van der Waals surface area contributed by atoms with E-state index in [2.05, 4.69) is 4.74 Å². The number of methoxy groups -OCH3 is 1. The predicted molar refractivity (Wildman–Crippen MR) is 78.9 cm³/mol. The van der Waals surface area contributed by atoms with Gasteiger partial charge in [0.25, 0.3) is 5.56 Å². The molecule has 0 N–H and O–H groups in total. The largest absolute Gasteiger partial charge is 0.465 e. The Kier molecular flexibility index (Phi) is 4.25. The second-order valence-corrected chi connectivity index (χ2v) is 6.19. The topological polar surface area (TPSA) is 77.8 Å². The van der Waals surface area contributed by atoms with Crippen molar-refractivity contribution in [3.05, 3.63) is 34.2 Å². The van der Waals surface area contributed by atoms with Crippen LogP contribution in [0.15, 0.2) is 23.1 Å². The highest BCUT2D eigenvalue weighted by atomic mass is 16.6. The van der Waals surface area contributed by atoms with Gasteiger partial charge in [0.15, 0.2) is 0 Å². The molecule has 7 nitrogen and oxygen atoms in total. The van der Waals surface area contributed by atoms with Crippen molar-refractivity contribution in [2.24, 2.45) is 0 Å². The predicted octanol–water partition coefficient (Wildman–Crippen LogP) is 1.43. The van der Waals surface area contributed by atoms with Crippen molar-refractivity contribution in [2.45, 2.75) is 32.4 Å². The van der Waals surface area contributed by atoms with Crippen molar-refractivity contribution < 1.29 is 19.1 Å². The third-order valence-corrected chi connectivity index (χ3v) is 3.27. The number of amides is 1. The van der Waals surface area contributed by atoms with Gasteiger partial charge in [-0.1, -0.05) is 0 Å². The van der Waals surface area contributed by atoms with Crippen LogP contribution in [0.25, 0.3) is 0 Å². The van der Waals surface area contributed by atoms with Gasteiger partial charge in [0.2, 0.25) is 0 Å². The van der Waals surface area contributed by atoms with Crippen LogP contribution in [0.1, 0.15) is 37.2 Å². The van der Waals surface area contributed by atoms with Gasteiger partial charge in [0.1, 0.15) is 5.60 Å². The molecule has 1 aromatic heterocycles. The maximum atomic E-state index is 11.9. The average Bonchev–Trinajstić information content (AvgIpc) is 2.36. The van der Waals surface area contributed by atoms with Gasteiger partial charge in [-0.15, -0.1) is 0 Å². The third-order valence-electron chi connectivity index (χ3n) is 3.27. The van der Waals surface area contributed by atoms with Crippen LogP contribution in [0.5, 0.6) is 0 Å². The first kappa shape index (κ1) is 16.1. The Bertz CT molecular complexity index is 638. The molecular weight excluding hydrogens is 288 g/mol. The molecular formula is C15H20N2O5. The van der Waals surface area contributed by atoms with E-state index in [4.69, 9.17) is 4.74 Å². The molecule has 1 aliphatic heterocycles. The lowest BCUT2D eigenvalue weighted by Gasteiger charge is -2.40. The molecule has 0 saturated carbocycles. The molecule has 2 rings (SSSR count). The van der Waals surface area contributed by atoms with E-state index in [-0.39, 0.29) is 11.6 Å². The van der Waals surface area contributed by atoms with Crippen molar-refractivity contribution in [1.82, 2.24) is 9.47 Å². The summed E-state index contributed by atoms with van der Waals surface area (Å²) in [7, 11) is 1.28. The first-order valence-corrected chi connectivity index (χ1v) is 6.99. The lowest BCUT2D eigenvalue weighted by atomic mass is 10.1. The van der Waals surface area contributed by atoms with Crippen LogP contribution in [0.3, 0.4) is 0 Å². The minimum atomic E-state index is -0.552. The molecule has 0 aliphatic carbocycles. The zero-order valence-corrected chi connectivity index (χ0v) is 13.2. The standard InChI is InChI=1S/C15H20N2O5/c1-15(2,3)22-14(20)16-8-11(9-16)17-7-10(13(19)21-4)5-6-12(17)18/h5-7,11H,8-9H2,1-4H3. The van der Waals surface area contributed by atoms with Gasteiger partial charge >= 0.3 is 12.1 Å². The van der Waals surface area contributed by atoms with Gasteiger partial charge in [-0.05, 0) is 26.8 Å². The summed E-state index contributed by atoms with van der Waals surface area (Å²) in [5, 5.41) is 0. The Morgan fingerprint density at radius 3 is 2.41 bits per heavy atom. The van der Waals surface area contributed by atoms with E-state index in [0.29, 0.717) is 18.7 Å². The molecule has 0 aromatic carbocycles. The van der Waals surface area contributed by atoms with Gasteiger partial charge in [-0.3, -0.25) is 4.79 Å². The zero-order valence-electron chi connectivity index (χ0n) is 13.2. The molecule has 7 heteroatoms. The summed E-state index contributed by atoms with van der Waals surface area (Å²) in [5.41, 5.74) is -0.469. The van der Waals surface area contributed by atoms with E-state index < -0.39 is 17.7 Å². The van der Waals surface area contributed by atoms with Gasteiger partial charge in [0, 0.05) is 25.4 Å². The normalized spacial score (nSPS) is 15.2. The molecule has 1 amide bonds. The molecule has 0 bridgehead atoms. The second-order valence-electron chi connectivity index (χ2n) is 6.19. The van der Waals surface area contributed by atoms with Crippen LogP contribution >= 0.6 is 0 Å². The van der Waals surface area contributed by atoms with E-state index in [9.17, 15) is 14.4 Å². The number of aromatic nitrogens is 1. The molecule has 0 atom stereocenters. The van der Waals surface area contributed by atoms with Gasteiger partial charge in [0.05, 0.1) is 18.7 Å². The number of carbonyl (C=O) groups is 2. The molecule has 0 spiro atoms. The molecule has 120 valence electrons. The van der Waals surface area contributed by atoms with Crippen LogP contribution < -0.4 is 5.56 Å². The highest BCUT2D eigenvalue weighted by Crippen LogP contribution is 2.22. The SMILES string of the molecule is COC(=O)c1ccc(=O)n(C2CN(C(=O)OC(C)(C)C)C2)c1. The zero-order chi connectivity index (χ0) is 16.5. The van der Waals surface area contributed by atoms with E-state index in [1.807, 2.05) is 0 Å². The summed E-state index contributed by atoms with van der Waals surface area (Å²) in [4.78, 5) is 36.8. The Labute approximate surface area is 128 Å². The molecule has 0 unspecified atom stereocenters. The lowest BCUT2D eigenvalue weighted by Crippen LogP contribution is -2.53. The van der Waals surface area contributed by atoms with E-state index in [0.717, 1.165) is 0 Å². The smallest absolute Gasteiger partial charge is 0.410 e. The van der Waals surface area contributed by atoms with Crippen molar-refractivity contribution >= 4 is 12.1 Å². The Balaban J connectivity index is 2.06. The fourth-order valence-corrected chi connectivity index (χ4v) is 2.13. The van der Waals surface area contributed by atoms with Crippen molar-refractivity contribution in [3.63, 3.8) is 0 Å². The minimum absolute atomic E-state index is 0.162. The molecule has 1 aliphatic rings. The molecule has 22 heavy (non-hydrogen) atoms. The summed E-state index contributed by atoms with van der Waals surface area (Å²) in [6.45, 7) is 6.14. The van der Waals surface area contributed by atoms with E-state index in [1.165, 1.54) is 34.9 Å². The van der Waals surface area contributed by atoms with Gasteiger partial charge < -0.3 is 18.9 Å². The molecule has 1 fully saturated rings. The van der Waals surface area contributed by atoms with Crippen LogP contribution in [0.2, 0.25) is 0 Å². The molecule has 2 heterocycles. The summed E-state index contributed by atoms with van der Waals surface area (Å²) in [6.07, 6.45) is 1.06. The number of likely N-dealkylation sites (tertiary alicyclic amines) is 1. The number of pyridine rings is 1. The lowest BCUT2D eigenvalue weighted by molar-refractivity contribution is 0.000558. The van der Waals surface area contributed by atoms with Crippen molar-refractivity contribution in [3.8, 4) is 0 Å².